The van der Waals surface area contributed by atoms with Gasteiger partial charge >= 0.3 is 0 Å². The Labute approximate surface area is 123 Å². The van der Waals surface area contributed by atoms with Crippen LogP contribution in [0, 0.1) is 5.82 Å². The third-order valence-electron chi connectivity index (χ3n) is 2.40. The quantitative estimate of drug-likeness (QED) is 0.824. The van der Waals surface area contributed by atoms with Gasteiger partial charge in [0.2, 0.25) is 0 Å². The molecule has 2 aromatic carbocycles. The minimum Gasteiger partial charge on any atom is -0.494 e. The van der Waals surface area contributed by atoms with Gasteiger partial charge < -0.3 is 15.2 Å². The maximum Gasteiger partial charge on any atom is 0.168 e. The molecule has 0 spiro atoms. The summed E-state index contributed by atoms with van der Waals surface area (Å²) in [6.07, 6.45) is 0. The van der Waals surface area contributed by atoms with Crippen molar-refractivity contribution in [2.24, 2.45) is 0 Å². The summed E-state index contributed by atoms with van der Waals surface area (Å²) in [7, 11) is 1.45. The number of benzene rings is 2. The maximum atomic E-state index is 13.8. The Balaban J connectivity index is 2.37. The smallest absolute Gasteiger partial charge is 0.168 e. The maximum absolute atomic E-state index is 13.8. The standard InChI is InChI=1S/C13H10BrClFNO2/c1-18-13-6-12(9(16)5-10(13)17)19-11-3-2-7(15)4-8(11)14/h2-6H,17H2,1H3. The highest BCUT2D eigenvalue weighted by molar-refractivity contribution is 9.10. The van der Waals surface area contributed by atoms with Crippen LogP contribution in [0.4, 0.5) is 10.1 Å². The van der Waals surface area contributed by atoms with Crippen LogP contribution in [0.25, 0.3) is 0 Å². The number of methoxy groups -OCH3 is 1. The zero-order valence-electron chi connectivity index (χ0n) is 9.91. The van der Waals surface area contributed by atoms with E-state index in [0.717, 1.165) is 6.07 Å². The van der Waals surface area contributed by atoms with Crippen molar-refractivity contribution in [2.75, 3.05) is 12.8 Å². The zero-order valence-corrected chi connectivity index (χ0v) is 12.3. The Bertz CT molecular complexity index is 622. The van der Waals surface area contributed by atoms with Gasteiger partial charge in [0.05, 0.1) is 17.3 Å². The van der Waals surface area contributed by atoms with Crippen LogP contribution in [-0.4, -0.2) is 7.11 Å². The summed E-state index contributed by atoms with van der Waals surface area (Å²) >= 11 is 9.11. The first-order valence-electron chi connectivity index (χ1n) is 5.27. The SMILES string of the molecule is COc1cc(Oc2ccc(Cl)cc2Br)c(F)cc1N. The van der Waals surface area contributed by atoms with Gasteiger partial charge in [0, 0.05) is 17.2 Å². The number of rotatable bonds is 3. The highest BCUT2D eigenvalue weighted by atomic mass is 79.9. The number of nitrogen functional groups attached to an aromatic ring is 1. The second kappa shape index (κ2) is 5.67. The summed E-state index contributed by atoms with van der Waals surface area (Å²) in [5.74, 6) is 0.242. The van der Waals surface area contributed by atoms with Crippen LogP contribution >= 0.6 is 27.5 Å². The first-order chi connectivity index (χ1) is 9.01. The Hall–Kier alpha value is -1.46. The molecule has 0 aliphatic carbocycles. The lowest BCUT2D eigenvalue weighted by atomic mass is 10.2. The third-order valence-corrected chi connectivity index (χ3v) is 3.25. The monoisotopic (exact) mass is 345 g/mol. The molecule has 0 fully saturated rings. The third kappa shape index (κ3) is 3.11. The molecule has 0 amide bonds. The molecule has 19 heavy (non-hydrogen) atoms. The summed E-state index contributed by atoms with van der Waals surface area (Å²) in [4.78, 5) is 0. The highest BCUT2D eigenvalue weighted by Gasteiger charge is 2.12. The molecule has 0 aliphatic rings. The van der Waals surface area contributed by atoms with E-state index >= 15 is 0 Å². The minimum absolute atomic E-state index is 0.0223. The molecule has 2 rings (SSSR count). The van der Waals surface area contributed by atoms with Gasteiger partial charge in [0.1, 0.15) is 11.5 Å². The fraction of sp³-hybridized carbons (Fsp3) is 0.0769. The number of halogens is 3. The predicted molar refractivity (Wildman–Crippen MR) is 76.6 cm³/mol. The van der Waals surface area contributed by atoms with E-state index in [4.69, 9.17) is 26.8 Å². The lowest BCUT2D eigenvalue weighted by Gasteiger charge is -2.11. The van der Waals surface area contributed by atoms with Gasteiger partial charge in [-0.05, 0) is 34.1 Å². The van der Waals surface area contributed by atoms with Crippen molar-refractivity contribution in [1.82, 2.24) is 0 Å². The van der Waals surface area contributed by atoms with Gasteiger partial charge in [-0.15, -0.1) is 0 Å². The number of hydrogen-bond acceptors (Lipinski definition) is 3. The van der Waals surface area contributed by atoms with Gasteiger partial charge in [0.15, 0.2) is 11.6 Å². The van der Waals surface area contributed by atoms with Crippen LogP contribution in [0.1, 0.15) is 0 Å². The van der Waals surface area contributed by atoms with Crippen LogP contribution in [0.2, 0.25) is 5.02 Å². The molecule has 3 nitrogen and oxygen atoms in total. The van der Waals surface area contributed by atoms with E-state index in [2.05, 4.69) is 15.9 Å². The van der Waals surface area contributed by atoms with Gasteiger partial charge in [0.25, 0.3) is 0 Å². The Morgan fingerprint density at radius 3 is 2.53 bits per heavy atom. The largest absolute Gasteiger partial charge is 0.494 e. The topological polar surface area (TPSA) is 44.5 Å². The van der Waals surface area contributed by atoms with E-state index < -0.39 is 5.82 Å². The van der Waals surface area contributed by atoms with E-state index in [9.17, 15) is 4.39 Å². The van der Waals surface area contributed by atoms with E-state index in [1.807, 2.05) is 0 Å². The number of nitrogens with two attached hydrogens (primary N) is 1. The van der Waals surface area contributed by atoms with Crippen molar-refractivity contribution < 1.29 is 13.9 Å². The molecule has 2 aromatic rings. The number of ether oxygens (including phenoxy) is 2. The average molecular weight is 347 g/mol. The summed E-state index contributed by atoms with van der Waals surface area (Å²) in [6.45, 7) is 0. The molecule has 0 bridgehead atoms. The molecule has 2 N–H and O–H groups in total. The second-order valence-corrected chi connectivity index (χ2v) is 4.99. The van der Waals surface area contributed by atoms with Crippen molar-refractivity contribution in [1.29, 1.82) is 0 Å². The summed E-state index contributed by atoms with van der Waals surface area (Å²) < 4.78 is 24.9. The summed E-state index contributed by atoms with van der Waals surface area (Å²) in [5.41, 5.74) is 5.81. The highest BCUT2D eigenvalue weighted by Crippen LogP contribution is 2.36. The van der Waals surface area contributed by atoms with Crippen molar-refractivity contribution in [2.45, 2.75) is 0 Å². The van der Waals surface area contributed by atoms with Crippen molar-refractivity contribution in [3.05, 3.63) is 45.6 Å². The van der Waals surface area contributed by atoms with Gasteiger partial charge in [-0.2, -0.15) is 0 Å². The van der Waals surface area contributed by atoms with Crippen LogP contribution in [0.5, 0.6) is 17.2 Å². The van der Waals surface area contributed by atoms with Crippen LogP contribution in [-0.2, 0) is 0 Å². The molecule has 0 aromatic heterocycles. The average Bonchev–Trinajstić information content (AvgIpc) is 2.35. The molecule has 0 radical (unpaired) electrons. The van der Waals surface area contributed by atoms with Crippen molar-refractivity contribution in [3.8, 4) is 17.2 Å². The Morgan fingerprint density at radius 2 is 1.89 bits per heavy atom. The lowest BCUT2D eigenvalue weighted by molar-refractivity contribution is 0.402. The molecule has 6 heteroatoms. The number of anilines is 1. The molecule has 0 saturated heterocycles. The Morgan fingerprint density at radius 1 is 1.16 bits per heavy atom. The number of hydrogen-bond donors (Lipinski definition) is 1. The van der Waals surface area contributed by atoms with E-state index in [1.165, 1.54) is 13.2 Å². The molecule has 0 aliphatic heterocycles. The van der Waals surface area contributed by atoms with Crippen molar-refractivity contribution in [3.63, 3.8) is 0 Å². The molecule has 0 heterocycles. The second-order valence-electron chi connectivity index (χ2n) is 3.70. The van der Waals surface area contributed by atoms with Gasteiger partial charge in [-0.3, -0.25) is 0 Å². The molecule has 100 valence electrons. The fourth-order valence-corrected chi connectivity index (χ4v) is 2.25. The van der Waals surface area contributed by atoms with Gasteiger partial charge in [-0.1, -0.05) is 11.6 Å². The normalized spacial score (nSPS) is 10.3. The molecular formula is C13H10BrClFNO2. The van der Waals surface area contributed by atoms with Crippen LogP contribution in [0.3, 0.4) is 0 Å². The van der Waals surface area contributed by atoms with E-state index in [-0.39, 0.29) is 11.4 Å². The first kappa shape index (κ1) is 14.0. The first-order valence-corrected chi connectivity index (χ1v) is 6.44. The Kier molecular flexibility index (Phi) is 4.17. The van der Waals surface area contributed by atoms with E-state index in [0.29, 0.717) is 21.0 Å². The van der Waals surface area contributed by atoms with Crippen molar-refractivity contribution >= 4 is 33.2 Å². The van der Waals surface area contributed by atoms with Crippen LogP contribution in [0.15, 0.2) is 34.8 Å². The van der Waals surface area contributed by atoms with E-state index in [1.54, 1.807) is 18.2 Å². The predicted octanol–water partition coefficient (Wildman–Crippen LogP) is 4.62. The summed E-state index contributed by atoms with van der Waals surface area (Å²) in [6, 6.07) is 7.48. The summed E-state index contributed by atoms with van der Waals surface area (Å²) in [5, 5.41) is 0.551. The lowest BCUT2D eigenvalue weighted by Crippen LogP contribution is -1.96. The molecule has 0 unspecified atom stereocenters. The van der Waals surface area contributed by atoms with Gasteiger partial charge in [-0.25, -0.2) is 4.39 Å². The molecule has 0 atom stereocenters. The molecule has 0 saturated carbocycles. The zero-order chi connectivity index (χ0) is 14.0. The minimum atomic E-state index is -0.569. The fourth-order valence-electron chi connectivity index (χ4n) is 1.48. The molecular weight excluding hydrogens is 337 g/mol. The van der Waals surface area contributed by atoms with Crippen LogP contribution < -0.4 is 15.2 Å².